The topological polar surface area (TPSA) is 108 Å². The maximum atomic E-state index is 12.1. The molecule has 2 aromatic carbocycles. The van der Waals surface area contributed by atoms with Crippen molar-refractivity contribution in [3.8, 4) is 11.8 Å². The molecule has 0 radical (unpaired) electrons. The van der Waals surface area contributed by atoms with Crippen LogP contribution in [0.2, 0.25) is 0 Å². The van der Waals surface area contributed by atoms with Gasteiger partial charge in [0.15, 0.2) is 0 Å². The fourth-order valence-electron chi connectivity index (χ4n) is 2.80. The van der Waals surface area contributed by atoms with Crippen LogP contribution in [0.5, 0.6) is 5.75 Å². The summed E-state index contributed by atoms with van der Waals surface area (Å²) in [5, 5.41) is 13.7. The van der Waals surface area contributed by atoms with Crippen molar-refractivity contribution in [3.05, 3.63) is 65.2 Å². The van der Waals surface area contributed by atoms with Crippen molar-refractivity contribution < 1.29 is 19.1 Å². The van der Waals surface area contributed by atoms with Gasteiger partial charge in [-0.15, -0.1) is 0 Å². The summed E-state index contributed by atoms with van der Waals surface area (Å²) in [6.45, 7) is 1.80. The molecule has 3 rings (SSSR count). The highest BCUT2D eigenvalue weighted by atomic mass is 16.5. The standard InChI is InChI=1S/C19H15N3O4/c1-2-19(17(24)21-18(25)22-19)14-7-9-15(10-8-14)26-16(23)13-5-3-12(11-20)4-6-13/h3-10H,2H2,1H3,(H2,21,22,24,25)/t19-/m0/s1. The number of hydrogen-bond acceptors (Lipinski definition) is 5. The van der Waals surface area contributed by atoms with Crippen LogP contribution in [0.15, 0.2) is 48.5 Å². The van der Waals surface area contributed by atoms with Crippen molar-refractivity contribution >= 4 is 17.9 Å². The Bertz CT molecular complexity index is 913. The predicted octanol–water partition coefficient (Wildman–Crippen LogP) is 2.22. The van der Waals surface area contributed by atoms with Crippen LogP contribution in [0, 0.1) is 11.3 Å². The van der Waals surface area contributed by atoms with Crippen LogP contribution in [0.25, 0.3) is 0 Å². The lowest BCUT2D eigenvalue weighted by atomic mass is 9.87. The minimum Gasteiger partial charge on any atom is -0.423 e. The molecule has 7 heteroatoms. The van der Waals surface area contributed by atoms with Gasteiger partial charge >= 0.3 is 12.0 Å². The molecule has 0 aromatic heterocycles. The predicted molar refractivity (Wildman–Crippen MR) is 91.2 cm³/mol. The molecule has 0 unspecified atom stereocenters. The van der Waals surface area contributed by atoms with Crippen molar-refractivity contribution in [2.75, 3.05) is 0 Å². The summed E-state index contributed by atoms with van der Waals surface area (Å²) in [6.07, 6.45) is 0.384. The minimum absolute atomic E-state index is 0.305. The molecule has 1 heterocycles. The van der Waals surface area contributed by atoms with Crippen molar-refractivity contribution in [2.45, 2.75) is 18.9 Å². The van der Waals surface area contributed by atoms with E-state index in [1.54, 1.807) is 31.2 Å². The molecule has 7 nitrogen and oxygen atoms in total. The second-order valence-electron chi connectivity index (χ2n) is 5.77. The highest BCUT2D eigenvalue weighted by Gasteiger charge is 2.46. The van der Waals surface area contributed by atoms with Gasteiger partial charge in [-0.1, -0.05) is 19.1 Å². The van der Waals surface area contributed by atoms with Crippen LogP contribution in [-0.2, 0) is 10.3 Å². The zero-order valence-electron chi connectivity index (χ0n) is 13.9. The number of ether oxygens (including phenoxy) is 1. The van der Waals surface area contributed by atoms with E-state index < -0.39 is 23.4 Å². The summed E-state index contributed by atoms with van der Waals surface area (Å²) in [5.74, 6) is -0.661. The minimum atomic E-state index is -1.12. The SMILES string of the molecule is CC[C@@]1(c2ccc(OC(=O)c3ccc(C#N)cc3)cc2)NC(=O)NC1=O. The van der Waals surface area contributed by atoms with Crippen molar-refractivity contribution in [2.24, 2.45) is 0 Å². The molecule has 0 aliphatic carbocycles. The third kappa shape index (κ3) is 3.00. The van der Waals surface area contributed by atoms with Crippen molar-refractivity contribution in [3.63, 3.8) is 0 Å². The van der Waals surface area contributed by atoms with Crippen LogP contribution < -0.4 is 15.4 Å². The van der Waals surface area contributed by atoms with Crippen LogP contribution in [0.4, 0.5) is 4.79 Å². The van der Waals surface area contributed by atoms with Gasteiger partial charge in [0, 0.05) is 0 Å². The smallest absolute Gasteiger partial charge is 0.343 e. The van der Waals surface area contributed by atoms with Gasteiger partial charge in [0.2, 0.25) is 0 Å². The Labute approximate surface area is 149 Å². The lowest BCUT2D eigenvalue weighted by Crippen LogP contribution is -2.43. The molecule has 3 amide bonds. The number of hydrogen-bond donors (Lipinski definition) is 2. The molecular weight excluding hydrogens is 334 g/mol. The summed E-state index contributed by atoms with van der Waals surface area (Å²) in [5.41, 5.74) is 0.252. The zero-order valence-corrected chi connectivity index (χ0v) is 13.9. The van der Waals surface area contributed by atoms with Gasteiger partial charge in [0.25, 0.3) is 5.91 Å². The van der Waals surface area contributed by atoms with E-state index in [0.717, 1.165) is 0 Å². The molecule has 2 N–H and O–H groups in total. The maximum absolute atomic E-state index is 12.1. The number of amides is 3. The Morgan fingerprint density at radius 2 is 1.77 bits per heavy atom. The molecule has 26 heavy (non-hydrogen) atoms. The number of esters is 1. The van der Waals surface area contributed by atoms with E-state index in [0.29, 0.717) is 28.9 Å². The summed E-state index contributed by atoms with van der Waals surface area (Å²) < 4.78 is 5.30. The molecule has 1 aliphatic heterocycles. The fraction of sp³-hybridized carbons (Fsp3) is 0.158. The van der Waals surface area contributed by atoms with Gasteiger partial charge in [0.05, 0.1) is 17.2 Å². The average Bonchev–Trinajstić information content (AvgIpc) is 2.96. The Kier molecular flexibility index (Phi) is 4.42. The molecular formula is C19H15N3O4. The molecule has 1 aliphatic rings. The van der Waals surface area contributed by atoms with E-state index in [1.165, 1.54) is 24.3 Å². The second-order valence-corrected chi connectivity index (χ2v) is 5.77. The summed E-state index contributed by atoms with van der Waals surface area (Å²) >= 11 is 0. The third-order valence-electron chi connectivity index (χ3n) is 4.28. The van der Waals surface area contributed by atoms with Gasteiger partial charge in [-0.3, -0.25) is 10.1 Å². The lowest BCUT2D eigenvalue weighted by molar-refractivity contribution is -0.124. The van der Waals surface area contributed by atoms with E-state index in [4.69, 9.17) is 10.00 Å². The van der Waals surface area contributed by atoms with Crippen molar-refractivity contribution in [1.29, 1.82) is 5.26 Å². The summed E-state index contributed by atoms with van der Waals surface area (Å²) in [4.78, 5) is 35.8. The second kappa shape index (κ2) is 6.69. The summed E-state index contributed by atoms with van der Waals surface area (Å²) in [6, 6.07) is 13.9. The number of imide groups is 1. The lowest BCUT2D eigenvalue weighted by Gasteiger charge is -2.24. The van der Waals surface area contributed by atoms with E-state index in [9.17, 15) is 14.4 Å². The monoisotopic (exact) mass is 349 g/mol. The first-order valence-corrected chi connectivity index (χ1v) is 7.95. The zero-order chi connectivity index (χ0) is 18.7. The normalized spacial score (nSPS) is 18.6. The van der Waals surface area contributed by atoms with Gasteiger partial charge in [-0.05, 0) is 48.4 Å². The quantitative estimate of drug-likeness (QED) is 0.500. The van der Waals surface area contributed by atoms with E-state index in [1.807, 2.05) is 6.07 Å². The number of nitrogens with zero attached hydrogens (tertiary/aromatic N) is 1. The first kappa shape index (κ1) is 17.2. The molecule has 0 saturated carbocycles. The molecule has 1 fully saturated rings. The molecule has 130 valence electrons. The van der Waals surface area contributed by atoms with Crippen LogP contribution in [-0.4, -0.2) is 17.9 Å². The molecule has 1 saturated heterocycles. The molecule has 1 atom stereocenters. The van der Waals surface area contributed by atoms with E-state index in [2.05, 4.69) is 10.6 Å². The highest BCUT2D eigenvalue weighted by Crippen LogP contribution is 2.30. The largest absolute Gasteiger partial charge is 0.423 e. The third-order valence-corrected chi connectivity index (χ3v) is 4.28. The number of benzene rings is 2. The number of nitriles is 1. The van der Waals surface area contributed by atoms with E-state index in [-0.39, 0.29) is 0 Å². The molecule has 2 aromatic rings. The number of carbonyl (C=O) groups excluding carboxylic acids is 3. The number of carbonyl (C=O) groups is 3. The first-order chi connectivity index (χ1) is 12.5. The molecule has 0 bridgehead atoms. The Balaban J connectivity index is 1.77. The Morgan fingerprint density at radius 1 is 1.12 bits per heavy atom. The van der Waals surface area contributed by atoms with E-state index >= 15 is 0 Å². The fourth-order valence-corrected chi connectivity index (χ4v) is 2.80. The number of rotatable bonds is 4. The Morgan fingerprint density at radius 3 is 2.27 bits per heavy atom. The maximum Gasteiger partial charge on any atom is 0.343 e. The van der Waals surface area contributed by atoms with Crippen molar-refractivity contribution in [1.82, 2.24) is 10.6 Å². The van der Waals surface area contributed by atoms with Crippen LogP contribution in [0.3, 0.4) is 0 Å². The highest BCUT2D eigenvalue weighted by molar-refractivity contribution is 6.07. The van der Waals surface area contributed by atoms with Gasteiger partial charge in [0.1, 0.15) is 11.3 Å². The number of urea groups is 1. The van der Waals surface area contributed by atoms with Gasteiger partial charge in [-0.2, -0.15) is 5.26 Å². The first-order valence-electron chi connectivity index (χ1n) is 7.95. The average molecular weight is 349 g/mol. The van der Waals surface area contributed by atoms with Crippen LogP contribution >= 0.6 is 0 Å². The molecule has 0 spiro atoms. The Hall–Kier alpha value is -3.66. The van der Waals surface area contributed by atoms with Gasteiger partial charge < -0.3 is 10.1 Å². The van der Waals surface area contributed by atoms with Crippen LogP contribution in [0.1, 0.15) is 34.8 Å². The number of nitrogens with one attached hydrogen (secondary N) is 2. The van der Waals surface area contributed by atoms with Gasteiger partial charge in [-0.25, -0.2) is 9.59 Å². The summed E-state index contributed by atoms with van der Waals surface area (Å²) in [7, 11) is 0.